The van der Waals surface area contributed by atoms with Gasteiger partial charge in [-0.1, -0.05) is 26.7 Å². The molecule has 5 heteroatoms. The lowest BCUT2D eigenvalue weighted by atomic mass is 9.99. The van der Waals surface area contributed by atoms with Crippen molar-refractivity contribution in [2.24, 2.45) is 5.92 Å². The second-order valence-corrected chi connectivity index (χ2v) is 5.90. The molecule has 0 aromatic rings. The third-order valence-corrected chi connectivity index (χ3v) is 4.16. The molecule has 0 aliphatic heterocycles. The van der Waals surface area contributed by atoms with Gasteiger partial charge in [-0.15, -0.1) is 0 Å². The van der Waals surface area contributed by atoms with E-state index in [2.05, 4.69) is 17.6 Å². The van der Waals surface area contributed by atoms with Crippen LogP contribution >= 0.6 is 0 Å². The van der Waals surface area contributed by atoms with Crippen molar-refractivity contribution < 1.29 is 14.7 Å². The first-order valence-corrected chi connectivity index (χ1v) is 7.19. The molecule has 1 rings (SSSR count). The summed E-state index contributed by atoms with van der Waals surface area (Å²) in [6.45, 7) is 5.52. The zero-order valence-corrected chi connectivity index (χ0v) is 12.2. The summed E-state index contributed by atoms with van der Waals surface area (Å²) in [4.78, 5) is 23.0. The minimum Gasteiger partial charge on any atom is -0.480 e. The first-order chi connectivity index (χ1) is 8.87. The van der Waals surface area contributed by atoms with Crippen molar-refractivity contribution >= 4 is 12.0 Å². The van der Waals surface area contributed by atoms with E-state index < -0.39 is 11.5 Å². The Kier molecular flexibility index (Phi) is 5.63. The molecule has 110 valence electrons. The molecular weight excluding hydrogens is 244 g/mol. The molecule has 3 unspecified atom stereocenters. The van der Waals surface area contributed by atoms with E-state index in [0.717, 1.165) is 31.6 Å². The number of nitrogens with one attached hydrogen (secondary N) is 2. The first kappa shape index (κ1) is 15.8. The first-order valence-electron chi connectivity index (χ1n) is 7.19. The van der Waals surface area contributed by atoms with Gasteiger partial charge in [0.1, 0.15) is 5.54 Å². The standard InChI is InChI=1S/C14H26N2O3/c1-4-14(3,12(17)18)16-13(19)15-11-7-5-6-10(2)8-9-11/h10-11H,4-9H2,1-3H3,(H,17,18)(H2,15,16,19). The fraction of sp³-hybridized carbons (Fsp3) is 0.857. The Bertz CT molecular complexity index is 333. The summed E-state index contributed by atoms with van der Waals surface area (Å²) >= 11 is 0. The summed E-state index contributed by atoms with van der Waals surface area (Å²) in [5.74, 6) is -0.283. The van der Waals surface area contributed by atoms with E-state index in [1.165, 1.54) is 13.3 Å². The maximum absolute atomic E-state index is 11.9. The zero-order chi connectivity index (χ0) is 14.5. The van der Waals surface area contributed by atoms with E-state index >= 15 is 0 Å². The molecule has 2 amide bonds. The third kappa shape index (κ3) is 4.73. The van der Waals surface area contributed by atoms with Crippen molar-refractivity contribution in [3.05, 3.63) is 0 Å². The van der Waals surface area contributed by atoms with Gasteiger partial charge in [0, 0.05) is 6.04 Å². The Labute approximate surface area is 115 Å². The van der Waals surface area contributed by atoms with Crippen molar-refractivity contribution in [3.8, 4) is 0 Å². The van der Waals surface area contributed by atoms with E-state index in [-0.39, 0.29) is 12.1 Å². The van der Waals surface area contributed by atoms with Gasteiger partial charge in [-0.2, -0.15) is 0 Å². The molecule has 0 bridgehead atoms. The summed E-state index contributed by atoms with van der Waals surface area (Å²) in [6, 6.07) is -0.203. The van der Waals surface area contributed by atoms with Gasteiger partial charge in [-0.05, 0) is 38.5 Å². The maximum atomic E-state index is 11.9. The van der Waals surface area contributed by atoms with E-state index in [1.54, 1.807) is 6.92 Å². The van der Waals surface area contributed by atoms with Crippen LogP contribution in [0.15, 0.2) is 0 Å². The fourth-order valence-electron chi connectivity index (χ4n) is 2.40. The topological polar surface area (TPSA) is 78.4 Å². The van der Waals surface area contributed by atoms with Gasteiger partial charge in [0.25, 0.3) is 0 Å². The highest BCUT2D eigenvalue weighted by Crippen LogP contribution is 2.22. The molecule has 0 aromatic heterocycles. The summed E-state index contributed by atoms with van der Waals surface area (Å²) < 4.78 is 0. The Morgan fingerprint density at radius 1 is 1.26 bits per heavy atom. The van der Waals surface area contributed by atoms with Crippen LogP contribution in [0.4, 0.5) is 4.79 Å². The molecule has 0 aromatic carbocycles. The average molecular weight is 270 g/mol. The van der Waals surface area contributed by atoms with E-state index in [0.29, 0.717) is 6.42 Å². The molecule has 0 spiro atoms. The number of rotatable bonds is 4. The Hall–Kier alpha value is -1.26. The number of carboxylic acids is 1. The van der Waals surface area contributed by atoms with E-state index in [9.17, 15) is 9.59 Å². The molecule has 0 radical (unpaired) electrons. The van der Waals surface area contributed by atoms with Crippen LogP contribution in [0, 0.1) is 5.92 Å². The molecular formula is C14H26N2O3. The van der Waals surface area contributed by atoms with Gasteiger partial charge < -0.3 is 15.7 Å². The Morgan fingerprint density at radius 3 is 2.53 bits per heavy atom. The van der Waals surface area contributed by atoms with Crippen molar-refractivity contribution in [2.75, 3.05) is 0 Å². The number of carboxylic acid groups (broad SMARTS) is 1. The second-order valence-electron chi connectivity index (χ2n) is 5.90. The van der Waals surface area contributed by atoms with Crippen LogP contribution in [0.2, 0.25) is 0 Å². The molecule has 0 heterocycles. The fourth-order valence-corrected chi connectivity index (χ4v) is 2.40. The summed E-state index contributed by atoms with van der Waals surface area (Å²) in [5, 5.41) is 14.6. The lowest BCUT2D eigenvalue weighted by Crippen LogP contribution is -2.56. The molecule has 1 saturated carbocycles. The average Bonchev–Trinajstić information content (AvgIpc) is 2.54. The van der Waals surface area contributed by atoms with E-state index in [1.807, 2.05) is 0 Å². The zero-order valence-electron chi connectivity index (χ0n) is 12.2. The lowest BCUT2D eigenvalue weighted by Gasteiger charge is -2.26. The lowest BCUT2D eigenvalue weighted by molar-refractivity contribution is -0.143. The molecule has 3 N–H and O–H groups in total. The van der Waals surface area contributed by atoms with Crippen LogP contribution in [-0.2, 0) is 4.79 Å². The molecule has 1 aliphatic carbocycles. The van der Waals surface area contributed by atoms with Gasteiger partial charge in [-0.3, -0.25) is 0 Å². The Balaban J connectivity index is 2.48. The van der Waals surface area contributed by atoms with Crippen molar-refractivity contribution in [1.82, 2.24) is 10.6 Å². The largest absolute Gasteiger partial charge is 0.480 e. The van der Waals surface area contributed by atoms with Crippen LogP contribution in [0.5, 0.6) is 0 Å². The van der Waals surface area contributed by atoms with Crippen LogP contribution in [-0.4, -0.2) is 28.7 Å². The molecule has 3 atom stereocenters. The number of aliphatic carboxylic acids is 1. The number of amides is 2. The molecule has 19 heavy (non-hydrogen) atoms. The second kappa shape index (κ2) is 6.78. The highest BCUT2D eigenvalue weighted by molar-refractivity contribution is 5.85. The van der Waals surface area contributed by atoms with Gasteiger partial charge in [0.2, 0.25) is 0 Å². The van der Waals surface area contributed by atoms with Crippen molar-refractivity contribution in [1.29, 1.82) is 0 Å². The number of carbonyl (C=O) groups excluding carboxylic acids is 1. The minimum absolute atomic E-state index is 0.167. The normalized spacial score (nSPS) is 26.9. The number of hydrogen-bond donors (Lipinski definition) is 3. The predicted octanol–water partition coefficient (Wildman–Crippen LogP) is 2.51. The maximum Gasteiger partial charge on any atom is 0.329 e. The summed E-state index contributed by atoms with van der Waals surface area (Å²) in [5.41, 5.74) is -1.19. The van der Waals surface area contributed by atoms with Crippen LogP contribution in [0.25, 0.3) is 0 Å². The smallest absolute Gasteiger partial charge is 0.329 e. The molecule has 1 fully saturated rings. The van der Waals surface area contributed by atoms with Crippen LogP contribution in [0.3, 0.4) is 0 Å². The van der Waals surface area contributed by atoms with Crippen LogP contribution < -0.4 is 10.6 Å². The van der Waals surface area contributed by atoms with Gasteiger partial charge >= 0.3 is 12.0 Å². The molecule has 5 nitrogen and oxygen atoms in total. The minimum atomic E-state index is -1.19. The van der Waals surface area contributed by atoms with Crippen LogP contribution in [0.1, 0.15) is 59.3 Å². The number of urea groups is 1. The van der Waals surface area contributed by atoms with Crippen molar-refractivity contribution in [3.63, 3.8) is 0 Å². The van der Waals surface area contributed by atoms with Gasteiger partial charge in [0.15, 0.2) is 0 Å². The van der Waals surface area contributed by atoms with Gasteiger partial charge in [0.05, 0.1) is 0 Å². The number of hydrogen-bond acceptors (Lipinski definition) is 2. The van der Waals surface area contributed by atoms with Crippen molar-refractivity contribution in [2.45, 2.75) is 70.9 Å². The summed E-state index contributed by atoms with van der Waals surface area (Å²) in [7, 11) is 0. The third-order valence-electron chi connectivity index (χ3n) is 4.16. The summed E-state index contributed by atoms with van der Waals surface area (Å²) in [6.07, 6.45) is 5.77. The molecule has 0 saturated heterocycles. The highest BCUT2D eigenvalue weighted by atomic mass is 16.4. The highest BCUT2D eigenvalue weighted by Gasteiger charge is 2.33. The Morgan fingerprint density at radius 2 is 1.95 bits per heavy atom. The quantitative estimate of drug-likeness (QED) is 0.687. The number of carbonyl (C=O) groups is 2. The SMILES string of the molecule is CCC(C)(NC(=O)NC1CCCC(C)CC1)C(=O)O. The predicted molar refractivity (Wildman–Crippen MR) is 74.0 cm³/mol. The van der Waals surface area contributed by atoms with E-state index in [4.69, 9.17) is 5.11 Å². The van der Waals surface area contributed by atoms with Gasteiger partial charge in [-0.25, -0.2) is 9.59 Å². The monoisotopic (exact) mass is 270 g/mol. The molecule has 1 aliphatic rings.